The van der Waals surface area contributed by atoms with Gasteiger partial charge in [0.15, 0.2) is 23.1 Å². The highest BCUT2D eigenvalue weighted by Crippen LogP contribution is 2.32. The molecule has 0 saturated carbocycles. The van der Waals surface area contributed by atoms with Crippen molar-refractivity contribution in [2.45, 2.75) is 6.18 Å². The summed E-state index contributed by atoms with van der Waals surface area (Å²) in [7, 11) is 0. The van der Waals surface area contributed by atoms with Crippen LogP contribution in [0.2, 0.25) is 5.02 Å². The number of alkyl halides is 3. The molecule has 0 bridgehead atoms. The van der Waals surface area contributed by atoms with Gasteiger partial charge in [-0.3, -0.25) is 9.36 Å². The molecule has 132 valence electrons. The number of rotatable bonds is 1. The second-order valence-corrected chi connectivity index (χ2v) is 5.69. The van der Waals surface area contributed by atoms with Crippen molar-refractivity contribution in [3.8, 4) is 5.69 Å². The molecular formula is C16H6ClF4N3O2. The van der Waals surface area contributed by atoms with Gasteiger partial charge < -0.3 is 4.42 Å². The lowest BCUT2D eigenvalue weighted by atomic mass is 10.2. The third-order valence-corrected chi connectivity index (χ3v) is 4.14. The van der Waals surface area contributed by atoms with Crippen molar-refractivity contribution >= 4 is 33.7 Å². The molecule has 0 radical (unpaired) electrons. The van der Waals surface area contributed by atoms with E-state index >= 15 is 0 Å². The number of halogens is 5. The van der Waals surface area contributed by atoms with E-state index in [2.05, 4.69) is 9.97 Å². The molecule has 10 heteroatoms. The van der Waals surface area contributed by atoms with Gasteiger partial charge in [-0.15, -0.1) is 0 Å². The Morgan fingerprint density at radius 2 is 1.92 bits per heavy atom. The summed E-state index contributed by atoms with van der Waals surface area (Å²) in [5.41, 5.74) is -2.74. The summed E-state index contributed by atoms with van der Waals surface area (Å²) in [6.45, 7) is 0. The molecule has 0 saturated heterocycles. The highest BCUT2D eigenvalue weighted by atomic mass is 35.5. The molecule has 5 nitrogen and oxygen atoms in total. The first-order valence-corrected chi connectivity index (χ1v) is 7.47. The first-order valence-electron chi connectivity index (χ1n) is 7.09. The third kappa shape index (κ3) is 2.35. The predicted molar refractivity (Wildman–Crippen MR) is 84.9 cm³/mol. The van der Waals surface area contributed by atoms with E-state index in [4.69, 9.17) is 16.0 Å². The number of oxazole rings is 1. The summed E-state index contributed by atoms with van der Waals surface area (Å²) in [5, 5.41) is -0.330. The molecular weight excluding hydrogens is 378 g/mol. The zero-order valence-corrected chi connectivity index (χ0v) is 13.3. The van der Waals surface area contributed by atoms with Crippen LogP contribution in [0.4, 0.5) is 17.6 Å². The fraction of sp³-hybridized carbons (Fsp3) is 0.0625. The number of pyridine rings is 2. The maximum Gasteiger partial charge on any atom is 0.433 e. The van der Waals surface area contributed by atoms with Crippen LogP contribution in [0, 0.1) is 5.82 Å². The van der Waals surface area contributed by atoms with E-state index in [1.165, 1.54) is 12.1 Å². The van der Waals surface area contributed by atoms with Crippen LogP contribution in [0.5, 0.6) is 0 Å². The summed E-state index contributed by atoms with van der Waals surface area (Å²) in [5.74, 6) is -0.837. The number of hydrogen-bond acceptors (Lipinski definition) is 4. The van der Waals surface area contributed by atoms with E-state index in [1.807, 2.05) is 0 Å². The molecule has 0 amide bonds. The van der Waals surface area contributed by atoms with Crippen molar-refractivity contribution in [2.24, 2.45) is 0 Å². The van der Waals surface area contributed by atoms with E-state index in [0.29, 0.717) is 0 Å². The monoisotopic (exact) mass is 383 g/mol. The minimum atomic E-state index is -4.74. The number of fused-ring (bicyclic) bond motifs is 3. The highest BCUT2D eigenvalue weighted by molar-refractivity contribution is 6.32. The molecule has 1 aromatic carbocycles. The van der Waals surface area contributed by atoms with E-state index < -0.39 is 28.3 Å². The summed E-state index contributed by atoms with van der Waals surface area (Å²) in [4.78, 5) is 20.1. The van der Waals surface area contributed by atoms with Gasteiger partial charge in [-0.25, -0.2) is 14.4 Å². The summed E-state index contributed by atoms with van der Waals surface area (Å²) in [6.07, 6.45) is -3.75. The van der Waals surface area contributed by atoms with Crippen LogP contribution in [0.3, 0.4) is 0 Å². The Labute approximate surface area is 146 Å². The molecule has 0 N–H and O–H groups in total. The zero-order valence-electron chi connectivity index (χ0n) is 12.5. The van der Waals surface area contributed by atoms with Crippen LogP contribution >= 0.6 is 11.6 Å². The van der Waals surface area contributed by atoms with Crippen LogP contribution in [0.1, 0.15) is 5.69 Å². The molecule has 26 heavy (non-hydrogen) atoms. The molecule has 0 aliphatic rings. The predicted octanol–water partition coefficient (Wildman–Crippen LogP) is 4.34. The molecule has 0 spiro atoms. The Morgan fingerprint density at radius 1 is 1.15 bits per heavy atom. The molecule has 0 fully saturated rings. The number of aromatic nitrogens is 3. The fourth-order valence-electron chi connectivity index (χ4n) is 2.63. The van der Waals surface area contributed by atoms with Gasteiger partial charge in [0.05, 0.1) is 11.1 Å². The Morgan fingerprint density at radius 3 is 2.65 bits per heavy atom. The van der Waals surface area contributed by atoms with Crippen molar-refractivity contribution < 1.29 is 22.0 Å². The number of nitrogens with zero attached hydrogens (tertiary/aromatic N) is 3. The Balaban J connectivity index is 2.23. The van der Waals surface area contributed by atoms with Crippen molar-refractivity contribution in [3.05, 3.63) is 63.6 Å². The Hall–Kier alpha value is -2.94. The van der Waals surface area contributed by atoms with Gasteiger partial charge in [0, 0.05) is 0 Å². The van der Waals surface area contributed by atoms with Gasteiger partial charge in [0.2, 0.25) is 0 Å². The summed E-state index contributed by atoms with van der Waals surface area (Å²) < 4.78 is 59.0. The van der Waals surface area contributed by atoms with Gasteiger partial charge >= 0.3 is 6.18 Å². The van der Waals surface area contributed by atoms with Gasteiger partial charge in [0.1, 0.15) is 16.5 Å². The first-order chi connectivity index (χ1) is 12.3. The lowest BCUT2D eigenvalue weighted by Crippen LogP contribution is -2.21. The molecule has 0 unspecified atom stereocenters. The van der Waals surface area contributed by atoms with Gasteiger partial charge in [-0.05, 0) is 24.3 Å². The van der Waals surface area contributed by atoms with E-state index in [9.17, 15) is 22.4 Å². The van der Waals surface area contributed by atoms with Crippen LogP contribution in [-0.2, 0) is 6.18 Å². The second kappa shape index (κ2) is 5.53. The lowest BCUT2D eigenvalue weighted by Gasteiger charge is -2.13. The first kappa shape index (κ1) is 16.5. The molecule has 3 heterocycles. The van der Waals surface area contributed by atoms with E-state index in [1.54, 1.807) is 0 Å². The zero-order chi connectivity index (χ0) is 18.6. The van der Waals surface area contributed by atoms with Crippen molar-refractivity contribution in [2.75, 3.05) is 0 Å². The van der Waals surface area contributed by atoms with Crippen LogP contribution in [0.25, 0.3) is 27.8 Å². The Kier molecular flexibility index (Phi) is 3.52. The number of hydrogen-bond donors (Lipinski definition) is 0. The van der Waals surface area contributed by atoms with Crippen LogP contribution in [0.15, 0.2) is 45.9 Å². The largest absolute Gasteiger partial charge is 0.442 e. The molecule has 4 rings (SSSR count). The van der Waals surface area contributed by atoms with E-state index in [0.717, 1.165) is 29.2 Å². The lowest BCUT2D eigenvalue weighted by molar-refractivity contribution is -0.141. The third-order valence-electron chi connectivity index (χ3n) is 3.77. The van der Waals surface area contributed by atoms with Crippen molar-refractivity contribution in [1.29, 1.82) is 0 Å². The van der Waals surface area contributed by atoms with E-state index in [-0.39, 0.29) is 27.8 Å². The van der Waals surface area contributed by atoms with Crippen molar-refractivity contribution in [3.63, 3.8) is 0 Å². The topological polar surface area (TPSA) is 60.9 Å². The molecule has 0 aliphatic carbocycles. The minimum absolute atomic E-state index is 0.0185. The Bertz CT molecular complexity index is 1230. The smallest absolute Gasteiger partial charge is 0.433 e. The molecule has 0 atom stereocenters. The maximum atomic E-state index is 13.8. The second-order valence-electron chi connectivity index (χ2n) is 5.31. The normalized spacial score (nSPS) is 12.2. The standard InChI is InChI=1S/C16H6ClF4N3O2/c17-11-8(18)2-1-3-9(11)24-14-7(4-5-10(23-14)16(19,20)21)13-12(15(24)25)22-6-26-13/h1-6H. The number of benzene rings is 1. The highest BCUT2D eigenvalue weighted by Gasteiger charge is 2.33. The quantitative estimate of drug-likeness (QED) is 0.459. The van der Waals surface area contributed by atoms with Gasteiger partial charge in [-0.2, -0.15) is 13.2 Å². The van der Waals surface area contributed by atoms with Crippen LogP contribution in [-0.4, -0.2) is 14.5 Å². The summed E-state index contributed by atoms with van der Waals surface area (Å²) in [6, 6.07) is 5.49. The minimum Gasteiger partial charge on any atom is -0.442 e. The van der Waals surface area contributed by atoms with Crippen LogP contribution < -0.4 is 5.56 Å². The SMILES string of the molecule is O=c1c2ncoc2c2ccc(C(F)(F)F)nc2n1-c1cccc(F)c1Cl. The summed E-state index contributed by atoms with van der Waals surface area (Å²) >= 11 is 5.93. The van der Waals surface area contributed by atoms with Crippen molar-refractivity contribution in [1.82, 2.24) is 14.5 Å². The van der Waals surface area contributed by atoms with Gasteiger partial charge in [-0.1, -0.05) is 17.7 Å². The average molecular weight is 384 g/mol. The molecule has 4 aromatic rings. The average Bonchev–Trinajstić information content (AvgIpc) is 3.07. The maximum absolute atomic E-state index is 13.8. The molecule has 0 aliphatic heterocycles. The molecule has 3 aromatic heterocycles. The van der Waals surface area contributed by atoms with Gasteiger partial charge in [0.25, 0.3) is 5.56 Å². The fourth-order valence-corrected chi connectivity index (χ4v) is 2.84.